The molecular weight excluding hydrogens is 442 g/mol. The first kappa shape index (κ1) is 24.6. The van der Waals surface area contributed by atoms with Crippen LogP contribution in [0.25, 0.3) is 0 Å². The second kappa shape index (κ2) is 10.8. The van der Waals surface area contributed by atoms with E-state index >= 15 is 0 Å². The fraction of sp³-hybridized carbons (Fsp3) is 0.481. The molecule has 6 nitrogen and oxygen atoms in total. The number of nitrogens with one attached hydrogen (secondary N) is 1. The number of carbonyl (C=O) groups excluding carboxylic acids is 1. The first-order valence-electron chi connectivity index (χ1n) is 12.4. The summed E-state index contributed by atoms with van der Waals surface area (Å²) in [6, 6.07) is 16.5. The minimum atomic E-state index is -0.313. The number of amidine groups is 1. The van der Waals surface area contributed by atoms with Crippen LogP contribution in [0.15, 0.2) is 58.5 Å². The number of nitrogens with zero attached hydrogens (tertiary/aromatic N) is 2. The molecule has 0 saturated carbocycles. The minimum absolute atomic E-state index is 0.124. The number of unbranched alkanes of at least 4 members (excludes halogenated alkanes) is 2. The van der Waals surface area contributed by atoms with Crippen LogP contribution in [0.5, 0.6) is 0 Å². The maximum atomic E-state index is 13.6. The highest BCUT2D eigenvalue weighted by Gasteiger charge is 2.34. The van der Waals surface area contributed by atoms with E-state index in [0.29, 0.717) is 6.04 Å². The lowest BCUT2D eigenvalue weighted by Gasteiger charge is -2.39. The third-order valence-corrected chi connectivity index (χ3v) is 8.39. The predicted octanol–water partition coefficient (Wildman–Crippen LogP) is 4.93. The van der Waals surface area contributed by atoms with Crippen LogP contribution in [0, 0.1) is 0 Å². The molecule has 1 amide bonds. The van der Waals surface area contributed by atoms with Gasteiger partial charge in [0.25, 0.3) is 0 Å². The summed E-state index contributed by atoms with van der Waals surface area (Å²) in [7, 11) is 0. The molecule has 1 saturated heterocycles. The number of fused-ring (bicyclic) bond motifs is 1. The lowest BCUT2D eigenvalue weighted by molar-refractivity contribution is -0.118. The lowest BCUT2D eigenvalue weighted by atomic mass is 9.84. The van der Waals surface area contributed by atoms with E-state index in [1.165, 1.54) is 32.1 Å². The summed E-state index contributed by atoms with van der Waals surface area (Å²) < 4.78 is 0. The number of nitrogens with two attached hydrogens (primary N) is 2. The zero-order chi connectivity index (χ0) is 24.1. The standard InChI is InChI=1S/C27H37N5OS/c1-19-10-9-16-27(2,30-19)15-6-3-7-17-32-22-13-4-5-14-23(22)34-24(26(32)33)20-11-8-12-21(18-20)25(28)31-29/h4-5,8,11-14,18-19,24,30H,3,6-7,9-10,15-17,29H2,1-2H3,(H2,28,31)/t19-,24?,27+/m0/s1. The molecular formula is C27H37N5OS. The van der Waals surface area contributed by atoms with Gasteiger partial charge in [-0.3, -0.25) is 4.79 Å². The van der Waals surface area contributed by atoms with Gasteiger partial charge in [-0.15, -0.1) is 11.8 Å². The Balaban J connectivity index is 1.43. The van der Waals surface area contributed by atoms with E-state index in [1.54, 1.807) is 11.8 Å². The number of piperidine rings is 1. The van der Waals surface area contributed by atoms with Crippen molar-refractivity contribution in [2.24, 2.45) is 16.7 Å². The van der Waals surface area contributed by atoms with E-state index < -0.39 is 0 Å². The number of hydrogen-bond acceptors (Lipinski definition) is 5. The molecule has 3 atom stereocenters. The number of carbonyl (C=O) groups is 1. The quantitative estimate of drug-likeness (QED) is 0.164. The molecule has 7 heteroatoms. The van der Waals surface area contributed by atoms with Crippen molar-refractivity contribution < 1.29 is 4.79 Å². The van der Waals surface area contributed by atoms with Crippen molar-refractivity contribution in [1.29, 1.82) is 0 Å². The van der Waals surface area contributed by atoms with Gasteiger partial charge >= 0.3 is 0 Å². The third kappa shape index (κ3) is 5.58. The topological polar surface area (TPSA) is 96.7 Å². The van der Waals surface area contributed by atoms with Gasteiger partial charge in [0.1, 0.15) is 11.1 Å². The Labute approximate surface area is 207 Å². The number of para-hydroxylation sites is 1. The highest BCUT2D eigenvalue weighted by atomic mass is 32.2. The van der Waals surface area contributed by atoms with Crippen molar-refractivity contribution in [3.05, 3.63) is 59.7 Å². The van der Waals surface area contributed by atoms with E-state index in [1.807, 2.05) is 41.3 Å². The van der Waals surface area contributed by atoms with Crippen LogP contribution in [0.4, 0.5) is 5.69 Å². The van der Waals surface area contributed by atoms with E-state index in [0.717, 1.165) is 41.1 Å². The molecule has 2 aliphatic rings. The summed E-state index contributed by atoms with van der Waals surface area (Å²) in [5, 5.41) is 7.09. The average Bonchev–Trinajstić information content (AvgIpc) is 2.84. The van der Waals surface area contributed by atoms with Gasteiger partial charge in [0.2, 0.25) is 5.91 Å². The van der Waals surface area contributed by atoms with Gasteiger partial charge in [-0.2, -0.15) is 5.10 Å². The Hall–Kier alpha value is -2.51. The Kier molecular flexibility index (Phi) is 7.84. The van der Waals surface area contributed by atoms with Gasteiger partial charge in [0, 0.05) is 28.6 Å². The molecule has 0 bridgehead atoms. The van der Waals surface area contributed by atoms with Gasteiger partial charge in [0.05, 0.1) is 5.69 Å². The van der Waals surface area contributed by atoms with E-state index in [9.17, 15) is 4.79 Å². The number of hydrazone groups is 1. The number of anilines is 1. The van der Waals surface area contributed by atoms with Gasteiger partial charge < -0.3 is 21.8 Å². The molecule has 1 unspecified atom stereocenters. The van der Waals surface area contributed by atoms with Gasteiger partial charge in [-0.1, -0.05) is 49.6 Å². The van der Waals surface area contributed by atoms with E-state index in [2.05, 4.69) is 36.4 Å². The van der Waals surface area contributed by atoms with Crippen molar-refractivity contribution in [3.8, 4) is 0 Å². The highest BCUT2D eigenvalue weighted by Crippen LogP contribution is 2.46. The SMILES string of the molecule is C[C@H]1CCC[C@@](C)(CCCCCN2C(=O)C(c3cccc(C(N)=NN)c3)Sc3ccccc32)N1. The number of thioether (sulfide) groups is 1. The van der Waals surface area contributed by atoms with Gasteiger partial charge in [-0.05, 0) is 63.3 Å². The zero-order valence-corrected chi connectivity index (χ0v) is 21.1. The number of rotatable bonds is 8. The molecule has 1 fully saturated rings. The van der Waals surface area contributed by atoms with Crippen LogP contribution in [-0.4, -0.2) is 29.9 Å². The normalized spacial score (nSPS) is 25.3. The first-order chi connectivity index (χ1) is 16.4. The molecule has 0 radical (unpaired) electrons. The monoisotopic (exact) mass is 479 g/mol. The van der Waals surface area contributed by atoms with Gasteiger partial charge in [0.15, 0.2) is 0 Å². The summed E-state index contributed by atoms with van der Waals surface area (Å²) in [6.45, 7) is 5.39. The fourth-order valence-electron chi connectivity index (χ4n) is 5.29. The van der Waals surface area contributed by atoms with Crippen molar-refractivity contribution in [3.63, 3.8) is 0 Å². The van der Waals surface area contributed by atoms with Crippen LogP contribution in [0.2, 0.25) is 0 Å². The molecule has 0 aromatic heterocycles. The molecule has 5 N–H and O–H groups in total. The largest absolute Gasteiger partial charge is 0.382 e. The molecule has 2 heterocycles. The maximum Gasteiger partial charge on any atom is 0.245 e. The second-order valence-electron chi connectivity index (χ2n) is 9.90. The highest BCUT2D eigenvalue weighted by molar-refractivity contribution is 8.00. The van der Waals surface area contributed by atoms with Crippen LogP contribution in [-0.2, 0) is 4.79 Å². The first-order valence-corrected chi connectivity index (χ1v) is 13.3. The Morgan fingerprint density at radius 3 is 2.82 bits per heavy atom. The second-order valence-corrected chi connectivity index (χ2v) is 11.1. The number of hydrogen-bond donors (Lipinski definition) is 3. The number of benzene rings is 2. The van der Waals surface area contributed by atoms with Crippen LogP contribution < -0.4 is 21.8 Å². The third-order valence-electron chi connectivity index (χ3n) is 7.09. The molecule has 2 aromatic rings. The number of amides is 1. The van der Waals surface area contributed by atoms with Crippen molar-refractivity contribution in [2.45, 2.75) is 80.5 Å². The van der Waals surface area contributed by atoms with E-state index in [4.69, 9.17) is 11.6 Å². The van der Waals surface area contributed by atoms with Crippen LogP contribution in [0.1, 0.15) is 75.2 Å². The predicted molar refractivity (Wildman–Crippen MR) is 142 cm³/mol. The van der Waals surface area contributed by atoms with Gasteiger partial charge in [-0.25, -0.2) is 0 Å². The Bertz CT molecular complexity index is 1040. The van der Waals surface area contributed by atoms with E-state index in [-0.39, 0.29) is 22.5 Å². The Morgan fingerprint density at radius 1 is 1.21 bits per heavy atom. The molecule has 182 valence electrons. The molecule has 0 spiro atoms. The summed E-state index contributed by atoms with van der Waals surface area (Å²) in [5.41, 5.74) is 8.84. The lowest BCUT2D eigenvalue weighted by Crippen LogP contribution is -2.50. The summed E-state index contributed by atoms with van der Waals surface area (Å²) in [6.07, 6.45) is 8.33. The van der Waals surface area contributed by atoms with Crippen LogP contribution >= 0.6 is 11.8 Å². The molecule has 0 aliphatic carbocycles. The van der Waals surface area contributed by atoms with Crippen molar-refractivity contribution in [1.82, 2.24) is 5.32 Å². The molecule has 2 aliphatic heterocycles. The summed E-state index contributed by atoms with van der Waals surface area (Å²) in [5.74, 6) is 5.76. The summed E-state index contributed by atoms with van der Waals surface area (Å²) >= 11 is 1.60. The van der Waals surface area contributed by atoms with Crippen molar-refractivity contribution >= 4 is 29.2 Å². The average molecular weight is 480 g/mol. The maximum absolute atomic E-state index is 13.6. The smallest absolute Gasteiger partial charge is 0.245 e. The fourth-order valence-corrected chi connectivity index (χ4v) is 6.51. The molecule has 2 aromatic carbocycles. The zero-order valence-electron chi connectivity index (χ0n) is 20.3. The minimum Gasteiger partial charge on any atom is -0.382 e. The van der Waals surface area contributed by atoms with Crippen molar-refractivity contribution in [2.75, 3.05) is 11.4 Å². The molecule has 34 heavy (non-hydrogen) atoms. The Morgan fingerprint density at radius 2 is 2.03 bits per heavy atom. The summed E-state index contributed by atoms with van der Waals surface area (Å²) in [4.78, 5) is 16.8. The van der Waals surface area contributed by atoms with Crippen LogP contribution in [0.3, 0.4) is 0 Å². The molecule has 4 rings (SSSR count).